The van der Waals surface area contributed by atoms with E-state index >= 15 is 0 Å². The molecule has 0 unspecified atom stereocenters. The zero-order chi connectivity index (χ0) is 13.2. The first kappa shape index (κ1) is 12.7. The first-order chi connectivity index (χ1) is 9.24. The monoisotopic (exact) mass is 324 g/mol. The molecule has 3 heterocycles. The predicted octanol–water partition coefficient (Wildman–Crippen LogP) is 1.84. The van der Waals surface area contributed by atoms with Crippen molar-refractivity contribution in [2.24, 2.45) is 0 Å². The van der Waals surface area contributed by atoms with Crippen LogP contribution in [0.25, 0.3) is 0 Å². The van der Waals surface area contributed by atoms with E-state index in [4.69, 9.17) is 0 Å². The number of carbonyl (C=O) groups excluding carboxylic acids is 1. The van der Waals surface area contributed by atoms with Gasteiger partial charge in [-0.1, -0.05) is 0 Å². The molecular formula is C13H17BrN4O. The number of hydrogen-bond donors (Lipinski definition) is 1. The smallest absolute Gasteiger partial charge is 0.317 e. The summed E-state index contributed by atoms with van der Waals surface area (Å²) in [6.45, 7) is 3.53. The van der Waals surface area contributed by atoms with Crippen LogP contribution in [-0.4, -0.2) is 48.1 Å². The van der Waals surface area contributed by atoms with E-state index in [-0.39, 0.29) is 6.03 Å². The number of piperidine rings is 1. The first-order valence-electron chi connectivity index (χ1n) is 6.64. The van der Waals surface area contributed by atoms with Gasteiger partial charge in [-0.2, -0.15) is 0 Å². The summed E-state index contributed by atoms with van der Waals surface area (Å²) in [5.74, 6) is 0. The van der Waals surface area contributed by atoms with Crippen molar-refractivity contribution in [3.8, 4) is 0 Å². The summed E-state index contributed by atoms with van der Waals surface area (Å²) in [5.41, 5.74) is 1.12. The molecule has 6 heteroatoms. The fourth-order valence-corrected chi connectivity index (χ4v) is 3.20. The Hall–Kier alpha value is -1.30. The lowest BCUT2D eigenvalue weighted by molar-refractivity contribution is 0.189. The zero-order valence-electron chi connectivity index (χ0n) is 10.7. The number of amides is 2. The summed E-state index contributed by atoms with van der Waals surface area (Å²) in [4.78, 5) is 20.2. The normalized spacial score (nSPS) is 23.6. The number of carbonyl (C=O) groups is 1. The summed E-state index contributed by atoms with van der Waals surface area (Å²) < 4.78 is 0.992. The maximum atomic E-state index is 11.7. The number of aromatic nitrogens is 1. The van der Waals surface area contributed by atoms with Crippen molar-refractivity contribution < 1.29 is 4.79 Å². The fraction of sp³-hybridized carbons (Fsp3) is 0.538. The molecule has 19 heavy (non-hydrogen) atoms. The Bertz CT molecular complexity index is 481. The molecule has 1 aromatic heterocycles. The van der Waals surface area contributed by atoms with Crippen LogP contribution < -0.4 is 10.2 Å². The van der Waals surface area contributed by atoms with E-state index in [9.17, 15) is 4.79 Å². The maximum absolute atomic E-state index is 11.7. The van der Waals surface area contributed by atoms with E-state index in [0.29, 0.717) is 6.04 Å². The SMILES string of the molecule is O=C1NCCN1[C@@H]1CCCN(c2cncc(Br)c2)C1. The number of nitrogens with zero attached hydrogens (tertiary/aromatic N) is 3. The van der Waals surface area contributed by atoms with Crippen molar-refractivity contribution in [3.63, 3.8) is 0 Å². The van der Waals surface area contributed by atoms with Crippen LogP contribution in [0, 0.1) is 0 Å². The molecule has 1 aromatic rings. The second-order valence-corrected chi connectivity index (χ2v) is 5.94. The molecule has 1 N–H and O–H groups in total. The number of anilines is 1. The third kappa shape index (κ3) is 2.68. The molecule has 0 saturated carbocycles. The molecule has 0 radical (unpaired) electrons. The molecule has 2 aliphatic rings. The van der Waals surface area contributed by atoms with E-state index in [0.717, 1.165) is 49.2 Å². The van der Waals surface area contributed by atoms with Crippen molar-refractivity contribution in [1.82, 2.24) is 15.2 Å². The minimum absolute atomic E-state index is 0.0826. The van der Waals surface area contributed by atoms with Crippen LogP contribution in [0.15, 0.2) is 22.9 Å². The second-order valence-electron chi connectivity index (χ2n) is 5.03. The lowest BCUT2D eigenvalue weighted by Gasteiger charge is -2.38. The number of halogens is 1. The van der Waals surface area contributed by atoms with Crippen LogP contribution in [0.4, 0.5) is 10.5 Å². The van der Waals surface area contributed by atoms with Gasteiger partial charge in [0.05, 0.1) is 17.9 Å². The third-order valence-electron chi connectivity index (χ3n) is 3.78. The molecule has 0 bridgehead atoms. The number of pyridine rings is 1. The Morgan fingerprint density at radius 1 is 1.37 bits per heavy atom. The van der Waals surface area contributed by atoms with Crippen molar-refractivity contribution in [3.05, 3.63) is 22.9 Å². The van der Waals surface area contributed by atoms with E-state index in [1.165, 1.54) is 0 Å². The van der Waals surface area contributed by atoms with E-state index < -0.39 is 0 Å². The van der Waals surface area contributed by atoms with Gasteiger partial charge in [-0.05, 0) is 34.8 Å². The standard InChI is InChI=1S/C13H17BrN4O/c14-10-6-12(8-15-7-10)17-4-1-2-11(9-17)18-5-3-16-13(18)19/h6-8,11H,1-5,9H2,(H,16,19)/t11-/m1/s1. The lowest BCUT2D eigenvalue weighted by atomic mass is 10.0. The van der Waals surface area contributed by atoms with Crippen LogP contribution in [0.5, 0.6) is 0 Å². The Labute approximate surface area is 121 Å². The second kappa shape index (κ2) is 5.36. The third-order valence-corrected chi connectivity index (χ3v) is 4.22. The van der Waals surface area contributed by atoms with Gasteiger partial charge in [-0.25, -0.2) is 4.79 Å². The number of urea groups is 1. The molecule has 102 valence electrons. The largest absolute Gasteiger partial charge is 0.368 e. The van der Waals surface area contributed by atoms with Gasteiger partial charge in [-0.3, -0.25) is 4.98 Å². The Kier molecular flexibility index (Phi) is 3.59. The highest BCUT2D eigenvalue weighted by molar-refractivity contribution is 9.10. The Morgan fingerprint density at radius 2 is 2.26 bits per heavy atom. The van der Waals surface area contributed by atoms with Crippen molar-refractivity contribution in [1.29, 1.82) is 0 Å². The zero-order valence-corrected chi connectivity index (χ0v) is 12.3. The predicted molar refractivity (Wildman–Crippen MR) is 77.3 cm³/mol. The highest BCUT2D eigenvalue weighted by Crippen LogP contribution is 2.24. The summed E-state index contributed by atoms with van der Waals surface area (Å²) in [5, 5.41) is 2.88. The average molecular weight is 325 g/mol. The van der Waals surface area contributed by atoms with E-state index in [1.807, 2.05) is 11.1 Å². The van der Waals surface area contributed by atoms with Crippen LogP contribution in [0.1, 0.15) is 12.8 Å². The summed E-state index contributed by atoms with van der Waals surface area (Å²) in [7, 11) is 0. The summed E-state index contributed by atoms with van der Waals surface area (Å²) in [6.07, 6.45) is 5.88. The van der Waals surface area contributed by atoms with Crippen LogP contribution in [0.2, 0.25) is 0 Å². The molecular weight excluding hydrogens is 308 g/mol. The minimum atomic E-state index is 0.0826. The highest BCUT2D eigenvalue weighted by atomic mass is 79.9. The van der Waals surface area contributed by atoms with Crippen LogP contribution in [0.3, 0.4) is 0 Å². The van der Waals surface area contributed by atoms with Gasteiger partial charge >= 0.3 is 6.03 Å². The first-order valence-corrected chi connectivity index (χ1v) is 7.43. The van der Waals surface area contributed by atoms with Crippen molar-refractivity contribution in [2.45, 2.75) is 18.9 Å². The summed E-state index contributed by atoms with van der Waals surface area (Å²) >= 11 is 3.46. The molecule has 2 saturated heterocycles. The van der Waals surface area contributed by atoms with Crippen molar-refractivity contribution in [2.75, 3.05) is 31.1 Å². The molecule has 0 aromatic carbocycles. The number of hydrogen-bond acceptors (Lipinski definition) is 3. The van der Waals surface area contributed by atoms with Crippen LogP contribution in [-0.2, 0) is 0 Å². The molecule has 5 nitrogen and oxygen atoms in total. The van der Waals surface area contributed by atoms with Gasteiger partial charge in [0, 0.05) is 36.8 Å². The van der Waals surface area contributed by atoms with E-state index in [2.05, 4.69) is 37.2 Å². The molecule has 2 fully saturated rings. The molecule has 2 amide bonds. The number of nitrogens with one attached hydrogen (secondary N) is 1. The summed E-state index contributed by atoms with van der Waals surface area (Å²) in [6, 6.07) is 2.48. The van der Waals surface area contributed by atoms with Crippen molar-refractivity contribution >= 4 is 27.6 Å². The molecule has 3 rings (SSSR count). The maximum Gasteiger partial charge on any atom is 0.317 e. The quantitative estimate of drug-likeness (QED) is 0.903. The average Bonchev–Trinajstić information content (AvgIpc) is 2.85. The Morgan fingerprint density at radius 3 is 3.00 bits per heavy atom. The molecule has 1 atom stereocenters. The van der Waals surface area contributed by atoms with Crippen LogP contribution >= 0.6 is 15.9 Å². The highest BCUT2D eigenvalue weighted by Gasteiger charge is 2.31. The lowest BCUT2D eigenvalue weighted by Crippen LogP contribution is -2.49. The Balaban J connectivity index is 1.72. The van der Waals surface area contributed by atoms with E-state index in [1.54, 1.807) is 6.20 Å². The van der Waals surface area contributed by atoms with Gasteiger partial charge in [0.1, 0.15) is 0 Å². The fourth-order valence-electron chi connectivity index (χ4n) is 2.85. The van der Waals surface area contributed by atoms with Gasteiger partial charge in [-0.15, -0.1) is 0 Å². The minimum Gasteiger partial charge on any atom is -0.368 e. The number of rotatable bonds is 2. The topological polar surface area (TPSA) is 48.5 Å². The van der Waals surface area contributed by atoms with Gasteiger partial charge < -0.3 is 15.1 Å². The molecule has 2 aliphatic heterocycles. The van der Waals surface area contributed by atoms with Gasteiger partial charge in [0.2, 0.25) is 0 Å². The molecule has 0 spiro atoms. The molecule has 0 aliphatic carbocycles. The van der Waals surface area contributed by atoms with Gasteiger partial charge in [0.15, 0.2) is 0 Å². The van der Waals surface area contributed by atoms with Gasteiger partial charge in [0.25, 0.3) is 0 Å².